The molecule has 0 radical (unpaired) electrons. The lowest BCUT2D eigenvalue weighted by Gasteiger charge is -2.10. The van der Waals surface area contributed by atoms with Crippen molar-refractivity contribution in [2.24, 2.45) is 5.10 Å². The van der Waals surface area contributed by atoms with E-state index in [0.717, 1.165) is 28.3 Å². The van der Waals surface area contributed by atoms with Crippen LogP contribution in [0.1, 0.15) is 45.4 Å². The van der Waals surface area contributed by atoms with Crippen LogP contribution in [-0.2, 0) is 9.53 Å². The maximum Gasteiger partial charge on any atom is 0.338 e. The largest absolute Gasteiger partial charge is 0.462 e. The molecule has 7 heteroatoms. The predicted molar refractivity (Wildman–Crippen MR) is 131 cm³/mol. The second-order valence-corrected chi connectivity index (χ2v) is 7.87. The van der Waals surface area contributed by atoms with E-state index in [1.807, 2.05) is 57.2 Å². The van der Waals surface area contributed by atoms with Gasteiger partial charge in [0.2, 0.25) is 0 Å². The number of carbonyl (C=O) groups is 2. The summed E-state index contributed by atoms with van der Waals surface area (Å²) in [5, 5.41) is 7.22. The fraction of sp³-hybridized carbons (Fsp3) is 0.269. The van der Waals surface area contributed by atoms with Crippen molar-refractivity contribution >= 4 is 23.8 Å². The minimum Gasteiger partial charge on any atom is -0.462 e. The number of esters is 1. The molecule has 0 bridgehead atoms. The van der Waals surface area contributed by atoms with Crippen LogP contribution < -0.4 is 10.7 Å². The standard InChI is InChI=1S/C26H30N4O3/c1-6-33-26(32)21-8-11-24(12-9-21)30-19(4)14-22(20(30)5)15-28-29-25(31)16-27-23-10-7-17(2)18(3)13-23/h7-15,27H,6,16H2,1-5H3,(H,29,31)/b28-15-. The maximum absolute atomic E-state index is 12.1. The molecule has 0 spiro atoms. The van der Waals surface area contributed by atoms with Gasteiger partial charge in [-0.2, -0.15) is 5.10 Å². The minimum absolute atomic E-state index is 0.131. The molecule has 1 aromatic heterocycles. The smallest absolute Gasteiger partial charge is 0.338 e. The van der Waals surface area contributed by atoms with Gasteiger partial charge in [-0.05, 0) is 88.2 Å². The second-order valence-electron chi connectivity index (χ2n) is 7.87. The molecule has 1 heterocycles. The number of rotatable bonds is 8. The van der Waals surface area contributed by atoms with Gasteiger partial charge in [0.1, 0.15) is 0 Å². The number of hydrogen-bond donors (Lipinski definition) is 2. The molecule has 2 aromatic carbocycles. The summed E-state index contributed by atoms with van der Waals surface area (Å²) in [7, 11) is 0. The van der Waals surface area contributed by atoms with Crippen molar-refractivity contribution in [2.45, 2.75) is 34.6 Å². The number of hydrogen-bond acceptors (Lipinski definition) is 5. The molecule has 0 aliphatic carbocycles. The third-order valence-electron chi connectivity index (χ3n) is 5.46. The summed E-state index contributed by atoms with van der Waals surface area (Å²) in [5.74, 6) is -0.562. The highest BCUT2D eigenvalue weighted by Gasteiger charge is 2.11. The summed E-state index contributed by atoms with van der Waals surface area (Å²) >= 11 is 0. The van der Waals surface area contributed by atoms with Gasteiger partial charge in [-0.1, -0.05) is 6.07 Å². The van der Waals surface area contributed by atoms with Gasteiger partial charge >= 0.3 is 5.97 Å². The van der Waals surface area contributed by atoms with Gasteiger partial charge in [0.05, 0.1) is 24.9 Å². The number of benzene rings is 2. The molecule has 3 aromatic rings. The SMILES string of the molecule is CCOC(=O)c1ccc(-n2c(C)cc(/C=N\NC(=O)CNc3ccc(C)c(C)c3)c2C)cc1. The molecular weight excluding hydrogens is 416 g/mol. The van der Waals surface area contributed by atoms with Gasteiger partial charge < -0.3 is 14.6 Å². The molecule has 0 aliphatic heterocycles. The number of anilines is 1. The fourth-order valence-corrected chi connectivity index (χ4v) is 3.52. The lowest BCUT2D eigenvalue weighted by molar-refractivity contribution is -0.119. The zero-order chi connectivity index (χ0) is 24.0. The van der Waals surface area contributed by atoms with Gasteiger partial charge in [0.15, 0.2) is 0 Å². The first-order chi connectivity index (χ1) is 15.8. The monoisotopic (exact) mass is 446 g/mol. The fourth-order valence-electron chi connectivity index (χ4n) is 3.52. The zero-order valence-corrected chi connectivity index (χ0v) is 19.7. The number of aryl methyl sites for hydroxylation is 3. The summed E-state index contributed by atoms with van der Waals surface area (Å²) in [4.78, 5) is 24.0. The van der Waals surface area contributed by atoms with Crippen molar-refractivity contribution in [3.8, 4) is 5.69 Å². The molecule has 2 N–H and O–H groups in total. The Morgan fingerprint density at radius 2 is 1.73 bits per heavy atom. The molecule has 0 atom stereocenters. The molecule has 0 unspecified atom stereocenters. The minimum atomic E-state index is -0.333. The first kappa shape index (κ1) is 23.8. The van der Waals surface area contributed by atoms with E-state index in [9.17, 15) is 9.59 Å². The van der Waals surface area contributed by atoms with Gasteiger partial charge in [0, 0.05) is 28.3 Å². The van der Waals surface area contributed by atoms with E-state index < -0.39 is 0 Å². The molecule has 1 amide bonds. The Labute approximate surface area is 194 Å². The van der Waals surface area contributed by atoms with Gasteiger partial charge in [0.25, 0.3) is 5.91 Å². The zero-order valence-electron chi connectivity index (χ0n) is 19.7. The summed E-state index contributed by atoms with van der Waals surface area (Å²) in [6.45, 7) is 10.3. The summed E-state index contributed by atoms with van der Waals surface area (Å²) in [5.41, 5.74) is 10.2. The number of amides is 1. The molecule has 33 heavy (non-hydrogen) atoms. The Bertz CT molecular complexity index is 1180. The van der Waals surface area contributed by atoms with Gasteiger partial charge in [-0.25, -0.2) is 10.2 Å². The maximum atomic E-state index is 12.1. The molecule has 0 fully saturated rings. The molecule has 172 valence electrons. The van der Waals surface area contributed by atoms with Crippen molar-refractivity contribution in [3.05, 3.63) is 82.2 Å². The average molecular weight is 447 g/mol. The van der Waals surface area contributed by atoms with Crippen LogP contribution in [-0.4, -0.2) is 35.8 Å². The highest BCUT2D eigenvalue weighted by atomic mass is 16.5. The first-order valence-corrected chi connectivity index (χ1v) is 10.9. The van der Waals surface area contributed by atoms with E-state index in [1.165, 1.54) is 11.1 Å². The van der Waals surface area contributed by atoms with E-state index in [0.29, 0.717) is 12.2 Å². The van der Waals surface area contributed by atoms with E-state index in [4.69, 9.17) is 4.74 Å². The molecule has 0 aliphatic rings. The van der Waals surface area contributed by atoms with Crippen molar-refractivity contribution in [2.75, 3.05) is 18.5 Å². The van der Waals surface area contributed by atoms with E-state index in [2.05, 4.69) is 27.3 Å². The van der Waals surface area contributed by atoms with Crippen LogP contribution in [0.15, 0.2) is 53.6 Å². The Kier molecular flexibility index (Phi) is 7.66. The van der Waals surface area contributed by atoms with Gasteiger partial charge in [-0.15, -0.1) is 0 Å². The van der Waals surface area contributed by atoms with E-state index in [-0.39, 0.29) is 18.4 Å². The van der Waals surface area contributed by atoms with E-state index >= 15 is 0 Å². The number of hydrazone groups is 1. The van der Waals surface area contributed by atoms with Crippen molar-refractivity contribution in [1.82, 2.24) is 9.99 Å². The molecule has 0 saturated heterocycles. The van der Waals surface area contributed by atoms with Gasteiger partial charge in [-0.3, -0.25) is 4.79 Å². The summed E-state index contributed by atoms with van der Waals surface area (Å²) in [6.07, 6.45) is 1.64. The van der Waals surface area contributed by atoms with Crippen molar-refractivity contribution in [3.63, 3.8) is 0 Å². The number of carbonyl (C=O) groups excluding carboxylic acids is 2. The molecular formula is C26H30N4O3. The van der Waals surface area contributed by atoms with Crippen molar-refractivity contribution < 1.29 is 14.3 Å². The van der Waals surface area contributed by atoms with Crippen molar-refractivity contribution in [1.29, 1.82) is 0 Å². The average Bonchev–Trinajstić information content (AvgIpc) is 3.07. The van der Waals surface area contributed by atoms with Crippen LogP contribution in [0.4, 0.5) is 5.69 Å². The number of ether oxygens (including phenoxy) is 1. The Morgan fingerprint density at radius 3 is 2.39 bits per heavy atom. The highest BCUT2D eigenvalue weighted by molar-refractivity contribution is 5.89. The van der Waals surface area contributed by atoms with Crippen LogP contribution >= 0.6 is 0 Å². The van der Waals surface area contributed by atoms with E-state index in [1.54, 1.807) is 25.3 Å². The topological polar surface area (TPSA) is 84.7 Å². The second kappa shape index (κ2) is 10.6. The Morgan fingerprint density at radius 1 is 1.00 bits per heavy atom. The lowest BCUT2D eigenvalue weighted by Crippen LogP contribution is -2.25. The highest BCUT2D eigenvalue weighted by Crippen LogP contribution is 2.20. The predicted octanol–water partition coefficient (Wildman–Crippen LogP) is 4.45. The third-order valence-corrected chi connectivity index (χ3v) is 5.46. The summed E-state index contributed by atoms with van der Waals surface area (Å²) < 4.78 is 7.11. The summed E-state index contributed by atoms with van der Waals surface area (Å²) in [6, 6.07) is 15.3. The van der Waals surface area contributed by atoms with Crippen LogP contribution in [0.5, 0.6) is 0 Å². The number of nitrogens with one attached hydrogen (secondary N) is 2. The van der Waals surface area contributed by atoms with Crippen LogP contribution in [0, 0.1) is 27.7 Å². The lowest BCUT2D eigenvalue weighted by atomic mass is 10.1. The number of nitrogens with zero attached hydrogens (tertiary/aromatic N) is 2. The first-order valence-electron chi connectivity index (χ1n) is 10.9. The Balaban J connectivity index is 1.62. The van der Waals surface area contributed by atoms with Crippen LogP contribution in [0.25, 0.3) is 5.69 Å². The van der Waals surface area contributed by atoms with Crippen LogP contribution in [0.3, 0.4) is 0 Å². The normalized spacial score (nSPS) is 10.9. The third kappa shape index (κ3) is 5.88. The van der Waals surface area contributed by atoms with Crippen LogP contribution in [0.2, 0.25) is 0 Å². The molecule has 3 rings (SSSR count). The quantitative estimate of drug-likeness (QED) is 0.304. The molecule has 7 nitrogen and oxygen atoms in total. The Hall–Kier alpha value is -3.87. The number of aromatic nitrogens is 1. The molecule has 0 saturated carbocycles.